The number of benzene rings is 2. The highest BCUT2D eigenvalue weighted by molar-refractivity contribution is 7.10. The van der Waals surface area contributed by atoms with Crippen LogP contribution in [-0.2, 0) is 17.8 Å². The number of hydrogen-bond acceptors (Lipinski definition) is 4. The second-order valence-electron chi connectivity index (χ2n) is 6.67. The van der Waals surface area contributed by atoms with Crippen LogP contribution in [0, 0.1) is 25.5 Å². The minimum atomic E-state index is -1.04. The predicted octanol–water partition coefficient (Wildman–Crippen LogP) is 5.95. The summed E-state index contributed by atoms with van der Waals surface area (Å²) >= 11 is 7.40. The molecule has 8 heteroatoms. The van der Waals surface area contributed by atoms with E-state index in [-0.39, 0.29) is 30.2 Å². The van der Waals surface area contributed by atoms with Gasteiger partial charge in [0.25, 0.3) is 0 Å². The number of ether oxygens (including phenoxy) is 1. The van der Waals surface area contributed by atoms with Gasteiger partial charge in [-0.1, -0.05) is 35.4 Å². The Morgan fingerprint density at radius 2 is 1.90 bits per heavy atom. The quantitative estimate of drug-likeness (QED) is 0.495. The average molecular weight is 438 g/mol. The van der Waals surface area contributed by atoms with Crippen LogP contribution in [0.1, 0.15) is 28.7 Å². The van der Waals surface area contributed by atoms with Gasteiger partial charge >= 0.3 is 5.97 Å². The Hall–Kier alpha value is -2.51. The standard InChI is InChI=1S/C21H18ClF2NO3S/c1-11-3-5-14(12(2)7-11)20-15(21(22)25-29-20)10-28-19-16(23)8-13(9-17(19)24)4-6-18(26)27/h3,5,7-9H,4,6,10H2,1-2H3,(H,26,27). The summed E-state index contributed by atoms with van der Waals surface area (Å²) in [4.78, 5) is 11.4. The Bertz CT molecular complexity index is 1050. The first kappa shape index (κ1) is 21.2. The number of carbonyl (C=O) groups is 1. The van der Waals surface area contributed by atoms with Gasteiger partial charge in [-0.3, -0.25) is 4.79 Å². The summed E-state index contributed by atoms with van der Waals surface area (Å²) in [5, 5.41) is 8.93. The molecular weight excluding hydrogens is 420 g/mol. The van der Waals surface area contributed by atoms with Crippen LogP contribution in [0.15, 0.2) is 30.3 Å². The van der Waals surface area contributed by atoms with Crippen LogP contribution in [0.5, 0.6) is 5.75 Å². The molecule has 2 aromatic carbocycles. The fraction of sp³-hybridized carbons (Fsp3) is 0.238. The third kappa shape index (κ3) is 4.92. The van der Waals surface area contributed by atoms with Crippen LogP contribution in [0.3, 0.4) is 0 Å². The number of carboxylic acid groups (broad SMARTS) is 1. The summed E-state index contributed by atoms with van der Waals surface area (Å²) in [5.41, 5.74) is 3.89. The SMILES string of the molecule is Cc1ccc(-c2snc(Cl)c2COc2c(F)cc(CCC(=O)O)cc2F)c(C)c1. The van der Waals surface area contributed by atoms with Gasteiger partial charge in [-0.25, -0.2) is 8.78 Å². The van der Waals surface area contributed by atoms with E-state index in [1.807, 2.05) is 32.0 Å². The molecular formula is C21H18ClF2NO3S. The summed E-state index contributed by atoms with van der Waals surface area (Å²) in [7, 11) is 0. The van der Waals surface area contributed by atoms with Crippen molar-refractivity contribution in [2.75, 3.05) is 0 Å². The Kier molecular flexibility index (Phi) is 6.49. The Labute approximate surface area is 175 Å². The van der Waals surface area contributed by atoms with E-state index in [9.17, 15) is 13.6 Å². The Morgan fingerprint density at radius 1 is 1.21 bits per heavy atom. The number of nitrogens with zero attached hydrogens (tertiary/aromatic N) is 1. The number of halogens is 3. The molecule has 0 aliphatic heterocycles. The van der Waals surface area contributed by atoms with Crippen molar-refractivity contribution in [2.45, 2.75) is 33.3 Å². The number of carboxylic acids is 1. The zero-order chi connectivity index (χ0) is 21.1. The average Bonchev–Trinajstić information content (AvgIpc) is 3.00. The van der Waals surface area contributed by atoms with Crippen molar-refractivity contribution >= 4 is 29.1 Å². The monoisotopic (exact) mass is 437 g/mol. The third-order valence-corrected chi connectivity index (χ3v) is 5.75. The van der Waals surface area contributed by atoms with Gasteiger partial charge in [0.05, 0.1) is 4.88 Å². The van der Waals surface area contributed by atoms with Crippen molar-refractivity contribution < 1.29 is 23.4 Å². The summed E-state index contributed by atoms with van der Waals surface area (Å²) in [6.45, 7) is 3.81. The minimum absolute atomic E-state index is 0.0284. The third-order valence-electron chi connectivity index (χ3n) is 4.41. The van der Waals surface area contributed by atoms with E-state index < -0.39 is 23.4 Å². The Balaban J connectivity index is 1.84. The van der Waals surface area contributed by atoms with Crippen LogP contribution < -0.4 is 4.74 Å². The maximum atomic E-state index is 14.3. The summed E-state index contributed by atoms with van der Waals surface area (Å²) in [5.74, 6) is -3.35. The molecule has 29 heavy (non-hydrogen) atoms. The minimum Gasteiger partial charge on any atom is -0.483 e. The molecule has 0 unspecified atom stereocenters. The van der Waals surface area contributed by atoms with E-state index in [1.54, 1.807) is 0 Å². The lowest BCUT2D eigenvalue weighted by atomic mass is 10.0. The zero-order valence-corrected chi connectivity index (χ0v) is 17.3. The highest BCUT2D eigenvalue weighted by Crippen LogP contribution is 2.36. The molecule has 0 spiro atoms. The van der Waals surface area contributed by atoms with Gasteiger partial charge in [0, 0.05) is 12.0 Å². The van der Waals surface area contributed by atoms with Crippen LogP contribution >= 0.6 is 23.1 Å². The number of aliphatic carboxylic acids is 1. The number of rotatable bonds is 7. The van der Waals surface area contributed by atoms with Crippen LogP contribution in [0.2, 0.25) is 5.15 Å². The van der Waals surface area contributed by atoms with Crippen molar-refractivity contribution in [3.8, 4) is 16.2 Å². The fourth-order valence-corrected chi connectivity index (χ4v) is 4.17. The van der Waals surface area contributed by atoms with E-state index in [0.29, 0.717) is 5.56 Å². The highest BCUT2D eigenvalue weighted by atomic mass is 35.5. The lowest BCUT2D eigenvalue weighted by Gasteiger charge is -2.12. The molecule has 3 aromatic rings. The molecule has 1 heterocycles. The van der Waals surface area contributed by atoms with Crippen molar-refractivity contribution in [2.24, 2.45) is 0 Å². The lowest BCUT2D eigenvalue weighted by Crippen LogP contribution is -2.03. The second-order valence-corrected chi connectivity index (χ2v) is 7.80. The van der Waals surface area contributed by atoms with Gasteiger partial charge in [-0.2, -0.15) is 4.37 Å². The molecule has 4 nitrogen and oxygen atoms in total. The largest absolute Gasteiger partial charge is 0.483 e. The van der Waals surface area contributed by atoms with Gasteiger partial charge in [0.2, 0.25) is 0 Å². The van der Waals surface area contributed by atoms with Crippen LogP contribution in [-0.4, -0.2) is 15.4 Å². The summed E-state index contributed by atoms with van der Waals surface area (Å²) < 4.78 is 38.2. The van der Waals surface area contributed by atoms with E-state index in [1.165, 1.54) is 11.5 Å². The first-order valence-electron chi connectivity index (χ1n) is 8.80. The first-order valence-corrected chi connectivity index (χ1v) is 9.95. The predicted molar refractivity (Wildman–Crippen MR) is 109 cm³/mol. The summed E-state index contributed by atoms with van der Waals surface area (Å²) in [6, 6.07) is 8.12. The highest BCUT2D eigenvalue weighted by Gasteiger charge is 2.19. The number of hydrogen-bond donors (Lipinski definition) is 1. The van der Waals surface area contributed by atoms with Crippen molar-refractivity contribution in [3.63, 3.8) is 0 Å². The molecule has 0 fully saturated rings. The molecule has 0 atom stereocenters. The Morgan fingerprint density at radius 3 is 2.52 bits per heavy atom. The van der Waals surface area contributed by atoms with Crippen LogP contribution in [0.4, 0.5) is 8.78 Å². The van der Waals surface area contributed by atoms with Crippen molar-refractivity contribution in [1.82, 2.24) is 4.37 Å². The maximum Gasteiger partial charge on any atom is 0.303 e. The second kappa shape index (κ2) is 8.88. The zero-order valence-electron chi connectivity index (χ0n) is 15.8. The van der Waals surface area contributed by atoms with Gasteiger partial charge in [-0.05, 0) is 60.6 Å². The molecule has 0 amide bonds. The van der Waals surface area contributed by atoms with Gasteiger partial charge in [0.1, 0.15) is 11.8 Å². The molecule has 3 rings (SSSR count). The molecule has 1 aromatic heterocycles. The normalized spacial score (nSPS) is 10.9. The van der Waals surface area contributed by atoms with Crippen molar-refractivity contribution in [3.05, 3.63) is 69.4 Å². The molecule has 0 aliphatic carbocycles. The molecule has 0 bridgehead atoms. The van der Waals surface area contributed by atoms with E-state index in [4.69, 9.17) is 21.4 Å². The molecule has 0 radical (unpaired) electrons. The molecule has 152 valence electrons. The van der Waals surface area contributed by atoms with Gasteiger partial charge < -0.3 is 9.84 Å². The van der Waals surface area contributed by atoms with E-state index in [0.717, 1.165) is 33.7 Å². The summed E-state index contributed by atoms with van der Waals surface area (Å²) in [6.07, 6.45) is -0.185. The molecule has 1 N–H and O–H groups in total. The van der Waals surface area contributed by atoms with E-state index in [2.05, 4.69) is 4.37 Å². The van der Waals surface area contributed by atoms with Crippen molar-refractivity contribution in [1.29, 1.82) is 0 Å². The molecule has 0 saturated heterocycles. The lowest BCUT2D eigenvalue weighted by molar-refractivity contribution is -0.136. The van der Waals surface area contributed by atoms with E-state index >= 15 is 0 Å². The van der Waals surface area contributed by atoms with Gasteiger partial charge in [-0.15, -0.1) is 0 Å². The van der Waals surface area contributed by atoms with Crippen LogP contribution in [0.25, 0.3) is 10.4 Å². The topological polar surface area (TPSA) is 59.4 Å². The number of aryl methyl sites for hydroxylation is 3. The molecule has 0 aliphatic rings. The first-order chi connectivity index (χ1) is 13.8. The number of aromatic nitrogens is 1. The van der Waals surface area contributed by atoms with Gasteiger partial charge in [0.15, 0.2) is 17.4 Å². The maximum absolute atomic E-state index is 14.3. The fourth-order valence-electron chi connectivity index (χ4n) is 2.99. The smallest absolute Gasteiger partial charge is 0.303 e. The molecule has 0 saturated carbocycles.